The Morgan fingerprint density at radius 1 is 1.35 bits per heavy atom. The van der Waals surface area contributed by atoms with Crippen LogP contribution in [0, 0.1) is 11.8 Å². The van der Waals surface area contributed by atoms with Gasteiger partial charge in [-0.15, -0.1) is 35.7 Å². The second-order valence-electron chi connectivity index (χ2n) is 6.38. The average Bonchev–Trinajstić information content (AvgIpc) is 2.99. The van der Waals surface area contributed by atoms with Crippen LogP contribution in [0.2, 0.25) is 0 Å². The molecular weight excluding hydrogens is 417 g/mol. The lowest BCUT2D eigenvalue weighted by molar-refractivity contribution is 0.467. The van der Waals surface area contributed by atoms with E-state index in [-0.39, 0.29) is 24.0 Å². The van der Waals surface area contributed by atoms with E-state index >= 15 is 0 Å². The van der Waals surface area contributed by atoms with Gasteiger partial charge in [0.2, 0.25) is 0 Å². The molecule has 1 aromatic carbocycles. The van der Waals surface area contributed by atoms with Crippen LogP contribution in [0.4, 0.5) is 0 Å². The summed E-state index contributed by atoms with van der Waals surface area (Å²) in [5, 5.41) is 3.51. The molecular formula is C18H30IN3S. The van der Waals surface area contributed by atoms with Crippen molar-refractivity contribution in [3.05, 3.63) is 30.3 Å². The van der Waals surface area contributed by atoms with Crippen molar-refractivity contribution in [2.75, 3.05) is 32.4 Å². The van der Waals surface area contributed by atoms with Gasteiger partial charge in [-0.2, -0.15) is 0 Å². The molecule has 0 aromatic heterocycles. The number of rotatable bonds is 6. The summed E-state index contributed by atoms with van der Waals surface area (Å²) < 4.78 is 0. The van der Waals surface area contributed by atoms with E-state index in [0.29, 0.717) is 0 Å². The molecule has 1 N–H and O–H groups in total. The fourth-order valence-corrected chi connectivity index (χ4v) is 3.75. The first-order chi connectivity index (χ1) is 10.7. The summed E-state index contributed by atoms with van der Waals surface area (Å²) >= 11 is 1.97. The van der Waals surface area contributed by atoms with Crippen molar-refractivity contribution in [1.82, 2.24) is 10.2 Å². The zero-order valence-electron chi connectivity index (χ0n) is 14.5. The third kappa shape index (κ3) is 7.33. The lowest BCUT2D eigenvalue weighted by atomic mass is 10.1. The van der Waals surface area contributed by atoms with E-state index in [1.807, 2.05) is 18.8 Å². The molecule has 0 bridgehead atoms. The molecule has 0 spiro atoms. The first-order valence-corrected chi connectivity index (χ1v) is 9.31. The van der Waals surface area contributed by atoms with E-state index in [4.69, 9.17) is 0 Å². The van der Waals surface area contributed by atoms with Gasteiger partial charge in [0.1, 0.15) is 0 Å². The minimum atomic E-state index is 0. The Kier molecular flexibility index (Phi) is 10.0. The lowest BCUT2D eigenvalue weighted by Crippen LogP contribution is -2.40. The summed E-state index contributed by atoms with van der Waals surface area (Å²) in [6, 6.07) is 10.7. The highest BCUT2D eigenvalue weighted by Crippen LogP contribution is 2.25. The van der Waals surface area contributed by atoms with Crippen molar-refractivity contribution in [3.8, 4) is 0 Å². The molecule has 0 saturated carbocycles. The van der Waals surface area contributed by atoms with Crippen LogP contribution in [0.5, 0.6) is 0 Å². The predicted molar refractivity (Wildman–Crippen MR) is 113 cm³/mol. The highest BCUT2D eigenvalue weighted by molar-refractivity contribution is 14.0. The first kappa shape index (κ1) is 20.6. The Morgan fingerprint density at radius 3 is 2.74 bits per heavy atom. The van der Waals surface area contributed by atoms with Gasteiger partial charge in [0.15, 0.2) is 5.96 Å². The maximum absolute atomic E-state index is 4.44. The van der Waals surface area contributed by atoms with Gasteiger partial charge in [0, 0.05) is 37.3 Å². The van der Waals surface area contributed by atoms with Gasteiger partial charge in [0.25, 0.3) is 0 Å². The zero-order valence-corrected chi connectivity index (χ0v) is 17.6. The minimum absolute atomic E-state index is 0. The van der Waals surface area contributed by atoms with E-state index in [1.54, 1.807) is 0 Å². The van der Waals surface area contributed by atoms with Gasteiger partial charge in [-0.05, 0) is 36.8 Å². The molecule has 1 fully saturated rings. The quantitative estimate of drug-likeness (QED) is 0.304. The number of thioether (sulfide) groups is 1. The monoisotopic (exact) mass is 447 g/mol. The van der Waals surface area contributed by atoms with Crippen LogP contribution in [0.15, 0.2) is 40.2 Å². The summed E-state index contributed by atoms with van der Waals surface area (Å²) in [5.74, 6) is 3.77. The number of halogens is 1. The number of nitrogens with zero attached hydrogens (tertiary/aromatic N) is 2. The number of nitrogens with one attached hydrogen (secondary N) is 1. The molecule has 1 aliphatic heterocycles. The Labute approximate surface area is 162 Å². The maximum Gasteiger partial charge on any atom is 0.193 e. The Bertz CT molecular complexity index is 465. The average molecular weight is 447 g/mol. The van der Waals surface area contributed by atoms with Crippen LogP contribution in [-0.4, -0.2) is 43.3 Å². The number of likely N-dealkylation sites (tertiary alicyclic amines) is 1. The summed E-state index contributed by atoms with van der Waals surface area (Å²) in [6.45, 7) is 7.79. The summed E-state index contributed by atoms with van der Waals surface area (Å²) in [6.07, 6.45) is 2.46. The SMILES string of the molecule is CN=C(NCCC(C)C)N1CCC(CSc2ccccc2)C1.I. The topological polar surface area (TPSA) is 27.6 Å². The van der Waals surface area contributed by atoms with Gasteiger partial charge >= 0.3 is 0 Å². The van der Waals surface area contributed by atoms with Crippen LogP contribution in [0.25, 0.3) is 0 Å². The van der Waals surface area contributed by atoms with Crippen molar-refractivity contribution in [2.24, 2.45) is 16.8 Å². The van der Waals surface area contributed by atoms with Gasteiger partial charge < -0.3 is 10.2 Å². The highest BCUT2D eigenvalue weighted by atomic mass is 127. The fourth-order valence-electron chi connectivity index (χ4n) is 2.70. The van der Waals surface area contributed by atoms with Crippen molar-refractivity contribution in [2.45, 2.75) is 31.6 Å². The van der Waals surface area contributed by atoms with Crippen molar-refractivity contribution < 1.29 is 0 Å². The third-order valence-electron chi connectivity index (χ3n) is 4.03. The number of guanidine groups is 1. The molecule has 0 amide bonds. The van der Waals surface area contributed by atoms with Crippen LogP contribution in [0.3, 0.4) is 0 Å². The molecule has 23 heavy (non-hydrogen) atoms. The number of hydrogen-bond donors (Lipinski definition) is 1. The molecule has 1 saturated heterocycles. The Morgan fingerprint density at radius 2 is 2.09 bits per heavy atom. The summed E-state index contributed by atoms with van der Waals surface area (Å²) in [5.41, 5.74) is 0. The predicted octanol–water partition coefficient (Wildman–Crippen LogP) is 4.34. The van der Waals surface area contributed by atoms with Gasteiger partial charge in [0.05, 0.1) is 0 Å². The van der Waals surface area contributed by atoms with Gasteiger partial charge in [-0.3, -0.25) is 4.99 Å². The largest absolute Gasteiger partial charge is 0.356 e. The van der Waals surface area contributed by atoms with Gasteiger partial charge in [-0.25, -0.2) is 0 Å². The molecule has 3 nitrogen and oxygen atoms in total. The minimum Gasteiger partial charge on any atom is -0.356 e. The molecule has 1 atom stereocenters. The van der Waals surface area contributed by atoms with Gasteiger partial charge in [-0.1, -0.05) is 32.0 Å². The molecule has 130 valence electrons. The van der Waals surface area contributed by atoms with E-state index in [0.717, 1.165) is 37.4 Å². The number of hydrogen-bond acceptors (Lipinski definition) is 2. The second-order valence-corrected chi connectivity index (χ2v) is 7.47. The van der Waals surface area contributed by atoms with Crippen molar-refractivity contribution in [1.29, 1.82) is 0 Å². The van der Waals surface area contributed by atoms with Crippen molar-refractivity contribution in [3.63, 3.8) is 0 Å². The molecule has 2 rings (SSSR count). The first-order valence-electron chi connectivity index (χ1n) is 8.32. The smallest absolute Gasteiger partial charge is 0.193 e. The van der Waals surface area contributed by atoms with Crippen molar-refractivity contribution >= 4 is 41.7 Å². The van der Waals surface area contributed by atoms with E-state index in [9.17, 15) is 0 Å². The molecule has 5 heteroatoms. The fraction of sp³-hybridized carbons (Fsp3) is 0.611. The van der Waals surface area contributed by atoms with Crippen LogP contribution >= 0.6 is 35.7 Å². The standard InChI is InChI=1S/C18H29N3S.HI/c1-15(2)9-11-20-18(19-3)21-12-10-16(13-21)14-22-17-7-5-4-6-8-17;/h4-8,15-16H,9-14H2,1-3H3,(H,19,20);1H. The van der Waals surface area contributed by atoms with E-state index in [2.05, 4.69) is 59.4 Å². The highest BCUT2D eigenvalue weighted by Gasteiger charge is 2.24. The number of aliphatic imine (C=N–C) groups is 1. The molecule has 1 unspecified atom stereocenters. The molecule has 1 heterocycles. The Hall–Kier alpha value is -0.430. The molecule has 1 aliphatic rings. The molecule has 0 aliphatic carbocycles. The maximum atomic E-state index is 4.44. The van der Waals surface area contributed by atoms with Crippen LogP contribution < -0.4 is 5.32 Å². The summed E-state index contributed by atoms with van der Waals surface area (Å²) in [4.78, 5) is 8.23. The van der Waals surface area contributed by atoms with E-state index < -0.39 is 0 Å². The summed E-state index contributed by atoms with van der Waals surface area (Å²) in [7, 11) is 1.89. The normalized spacial score (nSPS) is 18.2. The lowest BCUT2D eigenvalue weighted by Gasteiger charge is -2.22. The van der Waals surface area contributed by atoms with Crippen LogP contribution in [0.1, 0.15) is 26.7 Å². The second kappa shape index (κ2) is 11.2. The Balaban J connectivity index is 0.00000264. The van der Waals surface area contributed by atoms with E-state index in [1.165, 1.54) is 23.5 Å². The zero-order chi connectivity index (χ0) is 15.8. The molecule has 0 radical (unpaired) electrons. The number of benzene rings is 1. The molecule has 1 aromatic rings. The third-order valence-corrected chi connectivity index (χ3v) is 5.27. The van der Waals surface area contributed by atoms with Crippen LogP contribution in [-0.2, 0) is 0 Å².